The Morgan fingerprint density at radius 1 is 1.26 bits per heavy atom. The van der Waals surface area contributed by atoms with E-state index in [9.17, 15) is 14.7 Å². The number of Topliss-reactive ketones (excluding diaryl/α,β-unsaturated/α-hetero) is 1. The van der Waals surface area contributed by atoms with E-state index in [4.69, 9.17) is 0 Å². The molecule has 3 fully saturated rings. The lowest BCUT2D eigenvalue weighted by molar-refractivity contribution is -0.154. The van der Waals surface area contributed by atoms with Crippen LogP contribution in [0.3, 0.4) is 0 Å². The van der Waals surface area contributed by atoms with Crippen LogP contribution in [-0.4, -0.2) is 22.8 Å². The van der Waals surface area contributed by atoms with Crippen molar-refractivity contribution in [3.05, 3.63) is 11.6 Å². The number of rotatable bonds is 0. The van der Waals surface area contributed by atoms with Gasteiger partial charge in [-0.15, -0.1) is 0 Å². The van der Waals surface area contributed by atoms with Crippen molar-refractivity contribution in [1.82, 2.24) is 0 Å². The molecule has 0 bridgehead atoms. The lowest BCUT2D eigenvalue weighted by Gasteiger charge is -2.59. The first-order valence-electron chi connectivity index (χ1n) is 9.23. The van der Waals surface area contributed by atoms with Gasteiger partial charge in [0.25, 0.3) is 0 Å². The molecule has 0 saturated heterocycles. The molecule has 0 heterocycles. The number of hydrogen-bond acceptors (Lipinski definition) is 3. The highest BCUT2D eigenvalue weighted by molar-refractivity contribution is 6.11. The zero-order valence-electron chi connectivity index (χ0n) is 14.5. The maximum absolute atomic E-state index is 12.9. The van der Waals surface area contributed by atoms with Crippen molar-refractivity contribution in [1.29, 1.82) is 0 Å². The molecular formula is C20H28O3. The molecule has 0 aromatic heterocycles. The largest absolute Gasteiger partial charge is 0.393 e. The van der Waals surface area contributed by atoms with Gasteiger partial charge in [-0.1, -0.05) is 25.8 Å². The smallest absolute Gasteiger partial charge is 0.163 e. The van der Waals surface area contributed by atoms with Gasteiger partial charge in [0.2, 0.25) is 0 Å². The van der Waals surface area contributed by atoms with E-state index in [-0.39, 0.29) is 35.2 Å². The summed E-state index contributed by atoms with van der Waals surface area (Å²) in [6.45, 7) is 6.52. The predicted octanol–water partition coefficient (Wildman–Crippen LogP) is 3.30. The summed E-state index contributed by atoms with van der Waals surface area (Å²) in [5.41, 5.74) is 0.617. The third-order valence-corrected chi connectivity index (χ3v) is 7.88. The van der Waals surface area contributed by atoms with Crippen LogP contribution in [0.2, 0.25) is 0 Å². The molecular weight excluding hydrogens is 288 g/mol. The number of carbonyl (C=O) groups is 2. The highest BCUT2D eigenvalue weighted by Crippen LogP contribution is 2.65. The molecule has 7 atom stereocenters. The lowest BCUT2D eigenvalue weighted by atomic mass is 9.45. The van der Waals surface area contributed by atoms with Crippen LogP contribution in [0.5, 0.6) is 0 Å². The molecule has 0 aromatic rings. The fraction of sp³-hybridized carbons (Fsp3) is 0.800. The second-order valence-electron chi connectivity index (χ2n) is 9.12. The van der Waals surface area contributed by atoms with Crippen molar-refractivity contribution in [3.8, 4) is 0 Å². The average Bonchev–Trinajstić information content (AvgIpc) is 2.83. The van der Waals surface area contributed by atoms with Crippen LogP contribution in [0.4, 0.5) is 0 Å². The number of carbonyl (C=O) groups excluding carboxylic acids is 2. The summed E-state index contributed by atoms with van der Waals surface area (Å²) in [5.74, 6) is 1.31. The summed E-state index contributed by atoms with van der Waals surface area (Å²) in [6, 6.07) is 0. The Kier molecular flexibility index (Phi) is 3.23. The van der Waals surface area contributed by atoms with E-state index in [1.165, 1.54) is 19.3 Å². The van der Waals surface area contributed by atoms with Crippen molar-refractivity contribution in [2.75, 3.05) is 0 Å². The molecule has 2 unspecified atom stereocenters. The van der Waals surface area contributed by atoms with Crippen LogP contribution in [0.1, 0.15) is 59.3 Å². The quantitative estimate of drug-likeness (QED) is 0.698. The van der Waals surface area contributed by atoms with E-state index in [1.54, 1.807) is 6.08 Å². The summed E-state index contributed by atoms with van der Waals surface area (Å²) in [7, 11) is 0. The van der Waals surface area contributed by atoms with Crippen molar-refractivity contribution < 1.29 is 14.7 Å². The van der Waals surface area contributed by atoms with Crippen LogP contribution >= 0.6 is 0 Å². The SMILES string of the molecule is CC1C[C@@H]2[C@@H](C(O)C[C@]3(C)CCC[C@@H]23)[C@@]2(C)C(=O)CC(=O)C=C12. The van der Waals surface area contributed by atoms with Gasteiger partial charge in [0.05, 0.1) is 17.9 Å². The number of aliphatic hydroxyl groups is 1. The van der Waals surface area contributed by atoms with Crippen molar-refractivity contribution in [2.45, 2.75) is 65.4 Å². The molecule has 4 aliphatic carbocycles. The van der Waals surface area contributed by atoms with Gasteiger partial charge in [-0.25, -0.2) is 0 Å². The standard InChI is InChI=1S/C20H28O3/c1-11-7-13-14-5-4-6-19(14,2)10-16(22)18(13)20(3)15(11)8-12(21)9-17(20)23/h8,11,13-14,16,18,22H,4-7,9-10H2,1-3H3/t11?,13-,14-,16?,18-,19-,20+/m0/s1. The normalized spacial score (nSPS) is 52.5. The molecule has 3 heteroatoms. The van der Waals surface area contributed by atoms with Crippen LogP contribution in [0.25, 0.3) is 0 Å². The number of aliphatic hydroxyl groups excluding tert-OH is 1. The number of allylic oxidation sites excluding steroid dienone is 1. The fourth-order valence-electron chi connectivity index (χ4n) is 6.95. The van der Waals surface area contributed by atoms with Crippen LogP contribution in [0, 0.1) is 34.5 Å². The first-order chi connectivity index (χ1) is 10.8. The molecule has 126 valence electrons. The van der Waals surface area contributed by atoms with Gasteiger partial charge in [-0.3, -0.25) is 9.59 Å². The fourth-order valence-corrected chi connectivity index (χ4v) is 6.95. The van der Waals surface area contributed by atoms with Crippen molar-refractivity contribution >= 4 is 11.6 Å². The summed E-state index contributed by atoms with van der Waals surface area (Å²) >= 11 is 0. The van der Waals surface area contributed by atoms with Gasteiger partial charge in [-0.2, -0.15) is 0 Å². The average molecular weight is 316 g/mol. The number of ketones is 2. The van der Waals surface area contributed by atoms with E-state index in [0.717, 1.165) is 18.4 Å². The minimum absolute atomic E-state index is 0.00160. The van der Waals surface area contributed by atoms with Crippen molar-refractivity contribution in [3.63, 3.8) is 0 Å². The Hall–Kier alpha value is -0.960. The molecule has 0 aliphatic heterocycles. The Morgan fingerprint density at radius 2 is 2.00 bits per heavy atom. The Balaban J connectivity index is 1.83. The summed E-state index contributed by atoms with van der Waals surface area (Å²) in [6.07, 6.45) is 6.86. The molecule has 0 spiro atoms. The van der Waals surface area contributed by atoms with E-state index in [2.05, 4.69) is 13.8 Å². The van der Waals surface area contributed by atoms with Crippen molar-refractivity contribution in [2.24, 2.45) is 34.5 Å². The van der Waals surface area contributed by atoms with Gasteiger partial charge in [0.15, 0.2) is 11.6 Å². The topological polar surface area (TPSA) is 54.4 Å². The number of hydrogen-bond donors (Lipinski definition) is 1. The van der Waals surface area contributed by atoms with E-state index in [0.29, 0.717) is 11.8 Å². The maximum atomic E-state index is 12.9. The lowest BCUT2D eigenvalue weighted by Crippen LogP contribution is -2.59. The molecule has 0 radical (unpaired) electrons. The minimum Gasteiger partial charge on any atom is -0.393 e. The van der Waals surface area contributed by atoms with E-state index < -0.39 is 11.5 Å². The minimum atomic E-state index is -0.625. The molecule has 0 aromatic carbocycles. The molecule has 3 nitrogen and oxygen atoms in total. The predicted molar refractivity (Wildman–Crippen MR) is 87.7 cm³/mol. The van der Waals surface area contributed by atoms with Gasteiger partial charge in [0, 0.05) is 5.92 Å². The molecule has 23 heavy (non-hydrogen) atoms. The summed E-state index contributed by atoms with van der Waals surface area (Å²) in [4.78, 5) is 24.8. The maximum Gasteiger partial charge on any atom is 0.163 e. The summed E-state index contributed by atoms with van der Waals surface area (Å²) < 4.78 is 0. The second kappa shape index (κ2) is 4.78. The highest BCUT2D eigenvalue weighted by atomic mass is 16.3. The van der Waals surface area contributed by atoms with Gasteiger partial charge >= 0.3 is 0 Å². The first-order valence-corrected chi connectivity index (χ1v) is 9.23. The highest BCUT2D eigenvalue weighted by Gasteiger charge is 2.63. The Labute approximate surface area is 138 Å². The molecule has 1 N–H and O–H groups in total. The second-order valence-corrected chi connectivity index (χ2v) is 9.12. The molecule has 3 saturated carbocycles. The van der Waals surface area contributed by atoms with Gasteiger partial charge in [-0.05, 0) is 61.9 Å². The van der Waals surface area contributed by atoms with Crippen LogP contribution < -0.4 is 0 Å². The Morgan fingerprint density at radius 3 is 2.74 bits per heavy atom. The molecule has 4 aliphatic rings. The van der Waals surface area contributed by atoms with Gasteiger partial charge < -0.3 is 5.11 Å². The summed E-state index contributed by atoms with van der Waals surface area (Å²) in [5, 5.41) is 11.0. The zero-order valence-corrected chi connectivity index (χ0v) is 14.5. The third-order valence-electron chi connectivity index (χ3n) is 7.88. The Bertz CT molecular complexity index is 606. The van der Waals surface area contributed by atoms with E-state index >= 15 is 0 Å². The molecule has 4 rings (SSSR count). The van der Waals surface area contributed by atoms with Crippen LogP contribution in [-0.2, 0) is 9.59 Å². The zero-order chi connectivity index (χ0) is 16.6. The monoisotopic (exact) mass is 316 g/mol. The van der Waals surface area contributed by atoms with Crippen LogP contribution in [0.15, 0.2) is 11.6 Å². The van der Waals surface area contributed by atoms with E-state index in [1.807, 2.05) is 6.92 Å². The first kappa shape index (κ1) is 15.6. The number of fused-ring (bicyclic) bond motifs is 5. The molecule has 0 amide bonds. The van der Waals surface area contributed by atoms with Gasteiger partial charge in [0.1, 0.15) is 0 Å². The third kappa shape index (κ3) is 1.92.